The van der Waals surface area contributed by atoms with E-state index >= 15 is 0 Å². The zero-order valence-electron chi connectivity index (χ0n) is 8.24. The fraction of sp³-hybridized carbons (Fsp3) is 0.700. The predicted molar refractivity (Wildman–Crippen MR) is 49.8 cm³/mol. The van der Waals surface area contributed by atoms with Gasteiger partial charge in [0.2, 0.25) is 0 Å². The van der Waals surface area contributed by atoms with Gasteiger partial charge in [-0.05, 0) is 18.9 Å². The van der Waals surface area contributed by atoms with E-state index in [1.165, 1.54) is 6.08 Å². The lowest BCUT2D eigenvalue weighted by atomic mass is 9.91. The minimum atomic E-state index is -0.534. The van der Waals surface area contributed by atoms with Crippen LogP contribution in [0.15, 0.2) is 12.2 Å². The number of carbonyl (C=O) groups excluding carboxylic acids is 1. The van der Waals surface area contributed by atoms with E-state index < -0.39 is 6.10 Å². The van der Waals surface area contributed by atoms with Crippen molar-refractivity contribution in [2.75, 3.05) is 0 Å². The van der Waals surface area contributed by atoms with Gasteiger partial charge in [-0.25, -0.2) is 0 Å². The maximum atomic E-state index is 11.2. The molecule has 0 bridgehead atoms. The Morgan fingerprint density at radius 2 is 1.83 bits per heavy atom. The molecule has 0 spiro atoms. The Morgan fingerprint density at radius 3 is 2.17 bits per heavy atom. The first-order valence-corrected chi connectivity index (χ1v) is 4.35. The minimum Gasteiger partial charge on any atom is -0.392 e. The standard InChI is InChI=1S/C10H18O2/c1-5-6-9(11)8(4)10(12)7(2)3/h5-8,10,12H,1-4H3/b6-5+/t8-,10+/m0/s1. The average Bonchev–Trinajstić information content (AvgIpc) is 2.02. The Labute approximate surface area is 74.3 Å². The van der Waals surface area contributed by atoms with E-state index in [2.05, 4.69) is 0 Å². The summed E-state index contributed by atoms with van der Waals surface area (Å²) in [6, 6.07) is 0. The summed E-state index contributed by atoms with van der Waals surface area (Å²) < 4.78 is 0. The van der Waals surface area contributed by atoms with Crippen molar-refractivity contribution in [2.45, 2.75) is 33.8 Å². The highest BCUT2D eigenvalue weighted by atomic mass is 16.3. The van der Waals surface area contributed by atoms with Crippen LogP contribution in [0.2, 0.25) is 0 Å². The molecule has 0 aromatic heterocycles. The van der Waals surface area contributed by atoms with Gasteiger partial charge in [-0.1, -0.05) is 26.8 Å². The first-order chi connectivity index (χ1) is 5.50. The lowest BCUT2D eigenvalue weighted by molar-refractivity contribution is -0.121. The SMILES string of the molecule is C/C=C/C(=O)[C@H](C)[C@H](O)C(C)C. The molecule has 0 aromatic rings. The highest BCUT2D eigenvalue weighted by Crippen LogP contribution is 2.13. The lowest BCUT2D eigenvalue weighted by Crippen LogP contribution is -2.28. The molecule has 2 atom stereocenters. The number of hydrogen-bond donors (Lipinski definition) is 1. The molecule has 0 heterocycles. The number of aliphatic hydroxyl groups is 1. The average molecular weight is 170 g/mol. The van der Waals surface area contributed by atoms with Crippen molar-refractivity contribution < 1.29 is 9.90 Å². The van der Waals surface area contributed by atoms with Crippen LogP contribution in [0.4, 0.5) is 0 Å². The third kappa shape index (κ3) is 3.18. The minimum absolute atomic E-state index is 0.00120. The summed E-state index contributed by atoms with van der Waals surface area (Å²) in [6.45, 7) is 7.37. The molecular weight excluding hydrogens is 152 g/mol. The van der Waals surface area contributed by atoms with Gasteiger partial charge in [-0.2, -0.15) is 0 Å². The second-order valence-corrected chi connectivity index (χ2v) is 3.43. The Hall–Kier alpha value is -0.630. The molecule has 0 fully saturated rings. The summed E-state index contributed by atoms with van der Waals surface area (Å²) in [5.74, 6) is -0.158. The highest BCUT2D eigenvalue weighted by Gasteiger charge is 2.22. The van der Waals surface area contributed by atoms with Crippen LogP contribution in [0.5, 0.6) is 0 Å². The van der Waals surface area contributed by atoms with Crippen LogP contribution in [0.3, 0.4) is 0 Å². The van der Waals surface area contributed by atoms with Gasteiger partial charge >= 0.3 is 0 Å². The van der Waals surface area contributed by atoms with Crippen LogP contribution >= 0.6 is 0 Å². The van der Waals surface area contributed by atoms with E-state index in [1.54, 1.807) is 19.9 Å². The third-order valence-electron chi connectivity index (χ3n) is 1.98. The largest absolute Gasteiger partial charge is 0.392 e. The normalized spacial score (nSPS) is 16.8. The van der Waals surface area contributed by atoms with E-state index in [-0.39, 0.29) is 17.6 Å². The number of allylic oxidation sites excluding steroid dienone is 2. The van der Waals surface area contributed by atoms with E-state index in [4.69, 9.17) is 0 Å². The van der Waals surface area contributed by atoms with Gasteiger partial charge in [0.05, 0.1) is 6.10 Å². The molecule has 0 rings (SSSR count). The quantitative estimate of drug-likeness (QED) is 0.653. The first kappa shape index (κ1) is 11.4. The predicted octanol–water partition coefficient (Wildman–Crippen LogP) is 1.78. The molecule has 0 saturated heterocycles. The summed E-state index contributed by atoms with van der Waals surface area (Å²) in [6.07, 6.45) is 2.68. The fourth-order valence-corrected chi connectivity index (χ4v) is 1.06. The second kappa shape index (κ2) is 5.09. The van der Waals surface area contributed by atoms with Gasteiger partial charge in [0.1, 0.15) is 0 Å². The smallest absolute Gasteiger partial charge is 0.160 e. The summed E-state index contributed by atoms with van der Waals surface area (Å²) in [7, 11) is 0. The molecule has 0 aliphatic heterocycles. The molecule has 0 unspecified atom stereocenters. The van der Waals surface area contributed by atoms with Crippen molar-refractivity contribution in [1.82, 2.24) is 0 Å². The monoisotopic (exact) mass is 170 g/mol. The molecular formula is C10H18O2. The zero-order chi connectivity index (χ0) is 9.72. The second-order valence-electron chi connectivity index (χ2n) is 3.43. The van der Waals surface area contributed by atoms with Crippen molar-refractivity contribution >= 4 is 5.78 Å². The number of rotatable bonds is 4. The Bertz CT molecular complexity index is 171. The van der Waals surface area contributed by atoms with Gasteiger partial charge in [-0.3, -0.25) is 4.79 Å². The molecule has 12 heavy (non-hydrogen) atoms. The van der Waals surface area contributed by atoms with Crippen LogP contribution < -0.4 is 0 Å². The van der Waals surface area contributed by atoms with Crippen molar-refractivity contribution in [2.24, 2.45) is 11.8 Å². The Balaban J connectivity index is 4.18. The molecule has 0 aromatic carbocycles. The van der Waals surface area contributed by atoms with E-state index in [0.29, 0.717) is 0 Å². The van der Waals surface area contributed by atoms with Gasteiger partial charge in [-0.15, -0.1) is 0 Å². The van der Waals surface area contributed by atoms with Gasteiger partial charge in [0.25, 0.3) is 0 Å². The van der Waals surface area contributed by atoms with Crippen LogP contribution in [0.25, 0.3) is 0 Å². The molecule has 70 valence electrons. The number of ketones is 1. The van der Waals surface area contributed by atoms with Crippen LogP contribution in [0, 0.1) is 11.8 Å². The Kier molecular flexibility index (Phi) is 4.83. The lowest BCUT2D eigenvalue weighted by Gasteiger charge is -2.19. The van der Waals surface area contributed by atoms with Gasteiger partial charge in [0.15, 0.2) is 5.78 Å². The summed E-state index contributed by atoms with van der Waals surface area (Å²) in [5, 5.41) is 9.54. The summed E-state index contributed by atoms with van der Waals surface area (Å²) in [5.41, 5.74) is 0. The summed E-state index contributed by atoms with van der Waals surface area (Å²) in [4.78, 5) is 11.2. The maximum Gasteiger partial charge on any atom is 0.160 e. The number of hydrogen-bond acceptors (Lipinski definition) is 2. The molecule has 0 aliphatic carbocycles. The Morgan fingerprint density at radius 1 is 1.33 bits per heavy atom. The zero-order valence-corrected chi connectivity index (χ0v) is 8.24. The van der Waals surface area contributed by atoms with Gasteiger partial charge < -0.3 is 5.11 Å². The van der Waals surface area contributed by atoms with E-state index in [9.17, 15) is 9.90 Å². The van der Waals surface area contributed by atoms with Crippen molar-refractivity contribution in [1.29, 1.82) is 0 Å². The fourth-order valence-electron chi connectivity index (χ4n) is 1.06. The molecule has 2 heteroatoms. The first-order valence-electron chi connectivity index (χ1n) is 4.35. The molecule has 0 radical (unpaired) electrons. The van der Waals surface area contributed by atoms with Crippen molar-refractivity contribution in [3.63, 3.8) is 0 Å². The topological polar surface area (TPSA) is 37.3 Å². The number of aliphatic hydroxyl groups excluding tert-OH is 1. The van der Waals surface area contributed by atoms with E-state index in [1.807, 2.05) is 13.8 Å². The van der Waals surface area contributed by atoms with Crippen molar-refractivity contribution in [3.8, 4) is 0 Å². The highest BCUT2D eigenvalue weighted by molar-refractivity contribution is 5.91. The molecule has 0 aliphatic rings. The molecule has 2 nitrogen and oxygen atoms in total. The van der Waals surface area contributed by atoms with Crippen molar-refractivity contribution in [3.05, 3.63) is 12.2 Å². The van der Waals surface area contributed by atoms with E-state index in [0.717, 1.165) is 0 Å². The molecule has 0 amide bonds. The van der Waals surface area contributed by atoms with Crippen LogP contribution in [-0.4, -0.2) is 17.0 Å². The third-order valence-corrected chi connectivity index (χ3v) is 1.98. The van der Waals surface area contributed by atoms with Crippen LogP contribution in [0.1, 0.15) is 27.7 Å². The number of carbonyl (C=O) groups is 1. The molecule has 1 N–H and O–H groups in total. The van der Waals surface area contributed by atoms with Crippen LogP contribution in [-0.2, 0) is 4.79 Å². The molecule has 0 saturated carbocycles. The maximum absolute atomic E-state index is 11.2. The summed E-state index contributed by atoms with van der Waals surface area (Å²) >= 11 is 0. The van der Waals surface area contributed by atoms with Gasteiger partial charge in [0, 0.05) is 5.92 Å².